The van der Waals surface area contributed by atoms with Crippen molar-refractivity contribution in [3.8, 4) is 11.5 Å². The number of ether oxygens (including phenoxy) is 2. The fourth-order valence-electron chi connectivity index (χ4n) is 2.55. The SMILES string of the molecule is O=C(Cc1nnc(NC(=O)c2ccccc2)s1)N/N=C\c1cc(Br)c2c(c1)OCO2. The molecule has 0 saturated carbocycles. The Morgan fingerprint density at radius 3 is 2.87 bits per heavy atom. The van der Waals surface area contributed by atoms with Gasteiger partial charge >= 0.3 is 0 Å². The van der Waals surface area contributed by atoms with Crippen LogP contribution in [0, 0.1) is 0 Å². The van der Waals surface area contributed by atoms with Gasteiger partial charge in [-0.25, -0.2) is 5.43 Å². The number of hydrazone groups is 1. The smallest absolute Gasteiger partial charge is 0.257 e. The van der Waals surface area contributed by atoms with Crippen LogP contribution in [0.5, 0.6) is 11.5 Å². The highest BCUT2D eigenvalue weighted by molar-refractivity contribution is 9.10. The van der Waals surface area contributed by atoms with Gasteiger partial charge in [0.2, 0.25) is 17.8 Å². The number of aromatic nitrogens is 2. The Morgan fingerprint density at radius 2 is 2.03 bits per heavy atom. The molecular weight excluding hydrogens is 474 g/mol. The molecule has 1 aromatic heterocycles. The zero-order valence-electron chi connectivity index (χ0n) is 15.3. The Bertz CT molecular complexity index is 1120. The maximum absolute atomic E-state index is 12.1. The fraction of sp³-hybridized carbons (Fsp3) is 0.105. The fourth-order valence-corrected chi connectivity index (χ4v) is 3.86. The molecule has 30 heavy (non-hydrogen) atoms. The first-order valence-electron chi connectivity index (χ1n) is 8.68. The highest BCUT2D eigenvalue weighted by Crippen LogP contribution is 2.39. The van der Waals surface area contributed by atoms with E-state index >= 15 is 0 Å². The summed E-state index contributed by atoms with van der Waals surface area (Å²) in [5.41, 5.74) is 3.68. The zero-order valence-corrected chi connectivity index (χ0v) is 17.7. The van der Waals surface area contributed by atoms with Crippen molar-refractivity contribution in [2.45, 2.75) is 6.42 Å². The summed E-state index contributed by atoms with van der Waals surface area (Å²) in [6.07, 6.45) is 1.48. The highest BCUT2D eigenvalue weighted by Gasteiger charge is 2.17. The van der Waals surface area contributed by atoms with Gasteiger partial charge in [0.1, 0.15) is 5.01 Å². The summed E-state index contributed by atoms with van der Waals surface area (Å²) in [6.45, 7) is 0.168. The Morgan fingerprint density at radius 1 is 1.20 bits per heavy atom. The van der Waals surface area contributed by atoms with Gasteiger partial charge in [-0.15, -0.1) is 10.2 Å². The monoisotopic (exact) mass is 487 g/mol. The molecule has 0 bridgehead atoms. The molecule has 0 saturated heterocycles. The number of fused-ring (bicyclic) bond motifs is 1. The van der Waals surface area contributed by atoms with Gasteiger partial charge in [-0.3, -0.25) is 14.9 Å². The van der Waals surface area contributed by atoms with Crippen LogP contribution in [0.2, 0.25) is 0 Å². The lowest BCUT2D eigenvalue weighted by Gasteiger charge is -2.01. The normalized spacial score (nSPS) is 12.2. The van der Waals surface area contributed by atoms with Gasteiger partial charge in [-0.2, -0.15) is 5.10 Å². The molecule has 0 unspecified atom stereocenters. The second-order valence-corrected chi connectivity index (χ2v) is 7.94. The molecule has 11 heteroatoms. The summed E-state index contributed by atoms with van der Waals surface area (Å²) in [5.74, 6) is 0.601. The number of rotatable bonds is 6. The Hall–Kier alpha value is -3.31. The Balaban J connectivity index is 1.30. The molecule has 2 amide bonds. The van der Waals surface area contributed by atoms with Crippen molar-refractivity contribution in [3.05, 3.63) is 63.1 Å². The van der Waals surface area contributed by atoms with E-state index in [2.05, 4.69) is 42.0 Å². The maximum Gasteiger partial charge on any atom is 0.257 e. The van der Waals surface area contributed by atoms with Crippen molar-refractivity contribution >= 4 is 50.4 Å². The molecule has 2 heterocycles. The van der Waals surface area contributed by atoms with Crippen molar-refractivity contribution in [1.29, 1.82) is 0 Å². The van der Waals surface area contributed by atoms with Crippen LogP contribution in [0.3, 0.4) is 0 Å². The number of carbonyl (C=O) groups excluding carboxylic acids is 2. The molecule has 0 aliphatic carbocycles. The molecule has 0 radical (unpaired) electrons. The van der Waals surface area contributed by atoms with Crippen LogP contribution < -0.4 is 20.2 Å². The van der Waals surface area contributed by atoms with Gasteiger partial charge in [0.15, 0.2) is 11.5 Å². The molecule has 3 aromatic rings. The molecule has 0 fully saturated rings. The molecule has 152 valence electrons. The summed E-state index contributed by atoms with van der Waals surface area (Å²) in [6, 6.07) is 12.3. The third-order valence-electron chi connectivity index (χ3n) is 3.89. The van der Waals surface area contributed by atoms with E-state index < -0.39 is 0 Å². The minimum Gasteiger partial charge on any atom is -0.454 e. The second kappa shape index (κ2) is 9.01. The van der Waals surface area contributed by atoms with Crippen LogP contribution in [-0.4, -0.2) is 35.0 Å². The number of halogens is 1. The molecular formula is C19H14BrN5O4S. The molecule has 9 nitrogen and oxygen atoms in total. The second-order valence-electron chi connectivity index (χ2n) is 6.03. The number of hydrogen-bond donors (Lipinski definition) is 2. The number of nitrogens with zero attached hydrogens (tertiary/aromatic N) is 3. The molecule has 2 aromatic carbocycles. The third-order valence-corrected chi connectivity index (χ3v) is 5.32. The van der Waals surface area contributed by atoms with E-state index in [0.29, 0.717) is 27.2 Å². The van der Waals surface area contributed by atoms with E-state index in [0.717, 1.165) is 21.4 Å². The summed E-state index contributed by atoms with van der Waals surface area (Å²) in [5, 5.41) is 15.2. The van der Waals surface area contributed by atoms with Crippen LogP contribution in [0.4, 0.5) is 5.13 Å². The predicted octanol–water partition coefficient (Wildman–Crippen LogP) is 2.97. The van der Waals surface area contributed by atoms with Crippen LogP contribution in [0.15, 0.2) is 52.0 Å². The lowest BCUT2D eigenvalue weighted by atomic mass is 10.2. The number of anilines is 1. The highest BCUT2D eigenvalue weighted by atomic mass is 79.9. The van der Waals surface area contributed by atoms with Crippen molar-refractivity contribution in [2.24, 2.45) is 5.10 Å². The summed E-state index contributed by atoms with van der Waals surface area (Å²) < 4.78 is 11.4. The van der Waals surface area contributed by atoms with Gasteiger partial charge in [0.05, 0.1) is 17.1 Å². The Kier molecular flexibility index (Phi) is 6.00. The average Bonchev–Trinajstić information content (AvgIpc) is 3.38. The van der Waals surface area contributed by atoms with Crippen LogP contribution in [0.1, 0.15) is 20.9 Å². The zero-order chi connectivity index (χ0) is 20.9. The standard InChI is InChI=1S/C19H14BrN5O4S/c20-13-6-11(7-14-17(13)29-10-28-14)9-21-23-15(26)8-16-24-25-19(30-16)22-18(27)12-4-2-1-3-5-12/h1-7,9H,8,10H2,(H,23,26)(H,22,25,27)/b21-9-. The minimum absolute atomic E-state index is 0.0128. The van der Waals surface area contributed by atoms with Crippen molar-refractivity contribution < 1.29 is 19.1 Å². The first-order valence-corrected chi connectivity index (χ1v) is 10.3. The van der Waals surface area contributed by atoms with Crippen molar-refractivity contribution in [1.82, 2.24) is 15.6 Å². The summed E-state index contributed by atoms with van der Waals surface area (Å²) in [4.78, 5) is 24.2. The van der Waals surface area contributed by atoms with Gasteiger partial charge < -0.3 is 9.47 Å². The topological polar surface area (TPSA) is 115 Å². The van der Waals surface area contributed by atoms with Crippen molar-refractivity contribution in [2.75, 3.05) is 12.1 Å². The minimum atomic E-state index is -0.358. The number of carbonyl (C=O) groups is 2. The number of amides is 2. The molecule has 4 rings (SSSR count). The predicted molar refractivity (Wildman–Crippen MR) is 114 cm³/mol. The van der Waals surface area contributed by atoms with Gasteiger partial charge in [0, 0.05) is 5.56 Å². The van der Waals surface area contributed by atoms with Gasteiger partial charge in [0.25, 0.3) is 5.91 Å². The van der Waals surface area contributed by atoms with E-state index in [-0.39, 0.29) is 25.0 Å². The van der Waals surface area contributed by atoms with E-state index in [1.165, 1.54) is 6.21 Å². The lowest BCUT2D eigenvalue weighted by Crippen LogP contribution is -2.19. The molecule has 2 N–H and O–H groups in total. The molecule has 1 aliphatic heterocycles. The van der Waals surface area contributed by atoms with Crippen LogP contribution in [-0.2, 0) is 11.2 Å². The molecule has 0 atom stereocenters. The largest absolute Gasteiger partial charge is 0.454 e. The summed E-state index contributed by atoms with van der Waals surface area (Å²) in [7, 11) is 0. The first kappa shape index (κ1) is 20.0. The average molecular weight is 488 g/mol. The number of nitrogens with one attached hydrogen (secondary N) is 2. The third kappa shape index (κ3) is 4.81. The first-order chi connectivity index (χ1) is 14.6. The van der Waals surface area contributed by atoms with Crippen LogP contribution >= 0.6 is 27.3 Å². The van der Waals surface area contributed by atoms with Gasteiger partial charge in [-0.1, -0.05) is 29.5 Å². The summed E-state index contributed by atoms with van der Waals surface area (Å²) >= 11 is 4.53. The number of benzene rings is 2. The van der Waals surface area contributed by atoms with E-state index in [4.69, 9.17) is 9.47 Å². The quantitative estimate of drug-likeness (QED) is 0.407. The van der Waals surface area contributed by atoms with Crippen molar-refractivity contribution in [3.63, 3.8) is 0 Å². The lowest BCUT2D eigenvalue weighted by molar-refractivity contribution is -0.120. The van der Waals surface area contributed by atoms with Crippen LogP contribution in [0.25, 0.3) is 0 Å². The molecule has 1 aliphatic rings. The number of hydrogen-bond acceptors (Lipinski definition) is 8. The van der Waals surface area contributed by atoms with E-state index in [1.54, 1.807) is 36.4 Å². The van der Waals surface area contributed by atoms with E-state index in [9.17, 15) is 9.59 Å². The van der Waals surface area contributed by atoms with E-state index in [1.807, 2.05) is 6.07 Å². The molecule has 0 spiro atoms. The van der Waals surface area contributed by atoms with Gasteiger partial charge in [-0.05, 0) is 45.8 Å². The Labute approximate surface area is 183 Å². The maximum atomic E-state index is 12.1.